The average Bonchev–Trinajstić information content (AvgIpc) is 2.62. The molecule has 2 fully saturated rings. The summed E-state index contributed by atoms with van der Waals surface area (Å²) < 4.78 is 0.424. The topological polar surface area (TPSA) is 32.3 Å². The number of nitrogens with one attached hydrogen (secondary N) is 1. The van der Waals surface area contributed by atoms with Gasteiger partial charge in [0.05, 0.1) is 10.7 Å². The van der Waals surface area contributed by atoms with Crippen LogP contribution in [0.4, 0.5) is 0 Å². The van der Waals surface area contributed by atoms with Crippen LogP contribution in [0.1, 0.15) is 6.42 Å². The van der Waals surface area contributed by atoms with E-state index in [2.05, 4.69) is 28.8 Å². The summed E-state index contributed by atoms with van der Waals surface area (Å²) in [6, 6.07) is 0.355. The van der Waals surface area contributed by atoms with Gasteiger partial charge >= 0.3 is 0 Å². The Balaban J connectivity index is 1.96. The third-order valence-corrected chi connectivity index (χ3v) is 5.71. The minimum absolute atomic E-state index is 0.295. The van der Waals surface area contributed by atoms with E-state index < -0.39 is 0 Å². The maximum Gasteiger partial charge on any atom is 0.0751 e. The number of hydrogen-bond donors (Lipinski definition) is 2. The first-order valence-electron chi connectivity index (χ1n) is 3.97. The number of rotatable bonds is 1. The van der Waals surface area contributed by atoms with Gasteiger partial charge in [-0.2, -0.15) is 0 Å². The van der Waals surface area contributed by atoms with Crippen molar-refractivity contribution < 1.29 is 5.11 Å². The lowest BCUT2D eigenvalue weighted by Crippen LogP contribution is -2.25. The maximum absolute atomic E-state index is 8.93. The van der Waals surface area contributed by atoms with Crippen molar-refractivity contribution in [1.82, 2.24) is 5.32 Å². The first-order chi connectivity index (χ1) is 5.35. The van der Waals surface area contributed by atoms with Crippen LogP contribution in [-0.2, 0) is 0 Å². The Labute approximate surface area is 75.5 Å². The Kier molecular flexibility index (Phi) is 2.37. The third kappa shape index (κ3) is 1.54. The highest BCUT2D eigenvalue weighted by molar-refractivity contribution is 8.21. The Bertz CT molecular complexity index is 147. The molecular weight excluding hydrogens is 178 g/mol. The molecule has 1 spiro atoms. The van der Waals surface area contributed by atoms with Gasteiger partial charge in [0, 0.05) is 24.1 Å². The number of aliphatic hydroxyl groups excluding tert-OH is 1. The predicted molar refractivity (Wildman–Crippen MR) is 51.1 cm³/mol. The second kappa shape index (κ2) is 3.17. The summed E-state index contributed by atoms with van der Waals surface area (Å²) in [7, 11) is 0. The van der Waals surface area contributed by atoms with Crippen molar-refractivity contribution in [3.63, 3.8) is 0 Å². The van der Waals surface area contributed by atoms with Crippen LogP contribution in [0.2, 0.25) is 0 Å². The lowest BCUT2D eigenvalue weighted by atomic mass is 10.2. The molecule has 2 nitrogen and oxygen atoms in total. The second-order valence-electron chi connectivity index (χ2n) is 3.07. The molecule has 0 saturated carbocycles. The van der Waals surface area contributed by atoms with E-state index in [1.807, 2.05) is 0 Å². The van der Waals surface area contributed by atoms with Crippen LogP contribution in [0.25, 0.3) is 0 Å². The molecule has 1 atom stereocenters. The molecule has 64 valence electrons. The molecule has 2 heterocycles. The van der Waals surface area contributed by atoms with Crippen LogP contribution >= 0.6 is 23.5 Å². The minimum atomic E-state index is 0.295. The normalized spacial score (nSPS) is 35.2. The van der Waals surface area contributed by atoms with Gasteiger partial charge < -0.3 is 10.4 Å². The number of hydrogen-bond acceptors (Lipinski definition) is 4. The molecule has 2 aliphatic heterocycles. The molecule has 4 heteroatoms. The van der Waals surface area contributed by atoms with Gasteiger partial charge in [0.2, 0.25) is 0 Å². The van der Waals surface area contributed by atoms with Crippen molar-refractivity contribution in [2.24, 2.45) is 0 Å². The summed E-state index contributed by atoms with van der Waals surface area (Å²) in [5.41, 5.74) is 0. The Hall–Kier alpha value is 0.620. The number of thioether (sulfide) groups is 2. The molecule has 0 amide bonds. The third-order valence-electron chi connectivity index (χ3n) is 2.25. The van der Waals surface area contributed by atoms with Crippen LogP contribution in [-0.4, -0.2) is 39.9 Å². The molecule has 2 aliphatic rings. The monoisotopic (exact) mass is 191 g/mol. The standard InChI is InChI=1S/C7H13NOS2/c9-4-6-3-7(5-8-6)10-1-2-11-7/h6,8-9H,1-5H2. The molecule has 2 N–H and O–H groups in total. The Morgan fingerprint density at radius 3 is 2.73 bits per heavy atom. The summed E-state index contributed by atoms with van der Waals surface area (Å²) in [5, 5.41) is 12.3. The molecule has 0 aromatic rings. The Morgan fingerprint density at radius 2 is 2.18 bits per heavy atom. The van der Waals surface area contributed by atoms with Gasteiger partial charge in [-0.1, -0.05) is 0 Å². The highest BCUT2D eigenvalue weighted by Crippen LogP contribution is 2.48. The van der Waals surface area contributed by atoms with Gasteiger partial charge in [-0.3, -0.25) is 0 Å². The van der Waals surface area contributed by atoms with E-state index in [-0.39, 0.29) is 0 Å². The fraction of sp³-hybridized carbons (Fsp3) is 1.00. The summed E-state index contributed by atoms with van der Waals surface area (Å²) in [4.78, 5) is 0. The highest BCUT2D eigenvalue weighted by Gasteiger charge is 2.42. The first-order valence-corrected chi connectivity index (χ1v) is 5.94. The number of aliphatic hydroxyl groups is 1. The van der Waals surface area contributed by atoms with E-state index in [4.69, 9.17) is 5.11 Å². The van der Waals surface area contributed by atoms with Crippen LogP contribution < -0.4 is 5.32 Å². The van der Waals surface area contributed by atoms with Crippen LogP contribution in [0.3, 0.4) is 0 Å². The fourth-order valence-electron chi connectivity index (χ4n) is 1.67. The fourth-order valence-corrected chi connectivity index (χ4v) is 4.92. The quantitative estimate of drug-likeness (QED) is 0.633. The lowest BCUT2D eigenvalue weighted by Gasteiger charge is -2.18. The van der Waals surface area contributed by atoms with E-state index in [1.165, 1.54) is 11.5 Å². The SMILES string of the molecule is OCC1CC2(CN1)SCCS2. The van der Waals surface area contributed by atoms with Crippen molar-refractivity contribution in [2.45, 2.75) is 16.5 Å². The molecule has 1 unspecified atom stereocenters. The zero-order chi connectivity index (χ0) is 7.73. The minimum Gasteiger partial charge on any atom is -0.395 e. The van der Waals surface area contributed by atoms with Gasteiger partial charge in [0.15, 0.2) is 0 Å². The summed E-state index contributed by atoms with van der Waals surface area (Å²) in [6.45, 7) is 1.37. The maximum atomic E-state index is 8.93. The van der Waals surface area contributed by atoms with Crippen molar-refractivity contribution in [2.75, 3.05) is 24.7 Å². The lowest BCUT2D eigenvalue weighted by molar-refractivity contribution is 0.255. The smallest absolute Gasteiger partial charge is 0.0751 e. The van der Waals surface area contributed by atoms with Gasteiger partial charge in [-0.15, -0.1) is 23.5 Å². The molecule has 0 aliphatic carbocycles. The van der Waals surface area contributed by atoms with Gasteiger partial charge in [-0.05, 0) is 6.42 Å². The molecule has 0 aromatic heterocycles. The molecule has 0 radical (unpaired) electrons. The van der Waals surface area contributed by atoms with Crippen molar-refractivity contribution in [3.8, 4) is 0 Å². The summed E-state index contributed by atoms with van der Waals surface area (Å²) in [6.07, 6.45) is 1.14. The van der Waals surface area contributed by atoms with E-state index in [0.29, 0.717) is 16.7 Å². The predicted octanol–water partition coefficient (Wildman–Crippen LogP) is 0.517. The molecule has 11 heavy (non-hydrogen) atoms. The van der Waals surface area contributed by atoms with Crippen molar-refractivity contribution in [1.29, 1.82) is 0 Å². The van der Waals surface area contributed by atoms with E-state index in [9.17, 15) is 0 Å². The first kappa shape index (κ1) is 8.23. The van der Waals surface area contributed by atoms with Gasteiger partial charge in [0.25, 0.3) is 0 Å². The highest BCUT2D eigenvalue weighted by atomic mass is 32.2. The molecular formula is C7H13NOS2. The van der Waals surface area contributed by atoms with Crippen LogP contribution in [0.5, 0.6) is 0 Å². The van der Waals surface area contributed by atoms with Gasteiger partial charge in [-0.25, -0.2) is 0 Å². The summed E-state index contributed by atoms with van der Waals surface area (Å²) in [5.74, 6) is 2.56. The summed E-state index contributed by atoms with van der Waals surface area (Å²) >= 11 is 4.12. The molecule has 0 bridgehead atoms. The van der Waals surface area contributed by atoms with E-state index in [1.54, 1.807) is 0 Å². The van der Waals surface area contributed by atoms with E-state index >= 15 is 0 Å². The molecule has 0 aromatic carbocycles. The van der Waals surface area contributed by atoms with Crippen molar-refractivity contribution >= 4 is 23.5 Å². The largest absolute Gasteiger partial charge is 0.395 e. The average molecular weight is 191 g/mol. The van der Waals surface area contributed by atoms with Crippen LogP contribution in [0.15, 0.2) is 0 Å². The molecule has 2 rings (SSSR count). The zero-order valence-corrected chi connectivity index (χ0v) is 8.01. The van der Waals surface area contributed by atoms with Crippen molar-refractivity contribution in [3.05, 3.63) is 0 Å². The van der Waals surface area contributed by atoms with Gasteiger partial charge in [0.1, 0.15) is 0 Å². The molecule has 2 saturated heterocycles. The second-order valence-corrected chi connectivity index (χ2v) is 6.29. The van der Waals surface area contributed by atoms with E-state index in [0.717, 1.165) is 13.0 Å². The van der Waals surface area contributed by atoms with Crippen LogP contribution in [0, 0.1) is 0 Å². The Morgan fingerprint density at radius 1 is 1.45 bits per heavy atom. The zero-order valence-electron chi connectivity index (χ0n) is 6.38.